The number of carbonyl (C=O) groups excluding carboxylic acids is 2. The number of carbonyl (C=O) groups is 2. The van der Waals surface area contributed by atoms with Gasteiger partial charge in [0, 0.05) is 18.7 Å². The summed E-state index contributed by atoms with van der Waals surface area (Å²) in [4.78, 5) is 22.3. The number of nitrogens with two attached hydrogens (primary N) is 1. The predicted octanol–water partition coefficient (Wildman–Crippen LogP) is 0.381. The van der Waals surface area contributed by atoms with E-state index in [0.29, 0.717) is 26.0 Å². The third-order valence-corrected chi connectivity index (χ3v) is 2.55. The van der Waals surface area contributed by atoms with E-state index in [4.69, 9.17) is 10.5 Å². The van der Waals surface area contributed by atoms with Crippen LogP contribution >= 0.6 is 12.4 Å². The lowest BCUT2D eigenvalue weighted by Crippen LogP contribution is -2.29. The van der Waals surface area contributed by atoms with Gasteiger partial charge in [-0.25, -0.2) is 4.79 Å². The van der Waals surface area contributed by atoms with E-state index in [1.165, 1.54) is 6.08 Å². The first-order chi connectivity index (χ1) is 7.65. The van der Waals surface area contributed by atoms with Crippen LogP contribution in [0.2, 0.25) is 0 Å². The van der Waals surface area contributed by atoms with E-state index >= 15 is 0 Å². The molecular formula is C11H19ClN2O3. The number of esters is 1. The van der Waals surface area contributed by atoms with Crippen LogP contribution in [0, 0.1) is 5.92 Å². The smallest absolute Gasteiger partial charge is 0.330 e. The topological polar surface area (TPSA) is 81.4 Å². The minimum Gasteiger partial charge on any atom is -0.463 e. The third kappa shape index (κ3) is 5.19. The van der Waals surface area contributed by atoms with Gasteiger partial charge in [0.2, 0.25) is 5.91 Å². The molecule has 1 amide bonds. The molecule has 0 aromatic heterocycles. The zero-order chi connectivity index (χ0) is 12.0. The Labute approximate surface area is 107 Å². The summed E-state index contributed by atoms with van der Waals surface area (Å²) in [6.45, 7) is 2.68. The largest absolute Gasteiger partial charge is 0.463 e. The molecule has 1 rings (SSSR count). The molecule has 1 heterocycles. The lowest BCUT2D eigenvalue weighted by molar-refractivity contribution is -0.137. The van der Waals surface area contributed by atoms with Crippen LogP contribution in [-0.2, 0) is 14.3 Å². The lowest BCUT2D eigenvalue weighted by Gasteiger charge is -2.09. The van der Waals surface area contributed by atoms with E-state index in [0.717, 1.165) is 0 Å². The molecule has 1 saturated heterocycles. The number of halogens is 1. The minimum absolute atomic E-state index is 0. The molecule has 0 aromatic rings. The minimum atomic E-state index is -0.345. The number of hydrogen-bond acceptors (Lipinski definition) is 4. The van der Waals surface area contributed by atoms with Crippen molar-refractivity contribution in [1.82, 2.24) is 5.32 Å². The Hall–Kier alpha value is -1.07. The van der Waals surface area contributed by atoms with E-state index in [-0.39, 0.29) is 36.2 Å². The summed E-state index contributed by atoms with van der Waals surface area (Å²) in [6.07, 6.45) is 4.44. The molecule has 0 spiro atoms. The monoisotopic (exact) mass is 262 g/mol. The zero-order valence-corrected chi connectivity index (χ0v) is 10.7. The molecule has 5 nitrogen and oxygen atoms in total. The summed E-state index contributed by atoms with van der Waals surface area (Å²) < 4.78 is 4.73. The van der Waals surface area contributed by atoms with Crippen LogP contribution in [0.4, 0.5) is 0 Å². The molecule has 0 saturated carbocycles. The third-order valence-electron chi connectivity index (χ3n) is 2.55. The Kier molecular flexibility index (Phi) is 7.58. The molecule has 1 fully saturated rings. The van der Waals surface area contributed by atoms with Crippen molar-refractivity contribution in [3.63, 3.8) is 0 Å². The number of amides is 1. The van der Waals surface area contributed by atoms with Gasteiger partial charge in [-0.3, -0.25) is 4.79 Å². The SMILES string of the molecule is CCOC(=O)/C=C/CC[C@@H]1C(=O)NC[C@H]1N.Cl. The van der Waals surface area contributed by atoms with Crippen LogP contribution in [-0.4, -0.2) is 31.1 Å². The van der Waals surface area contributed by atoms with Crippen molar-refractivity contribution >= 4 is 24.3 Å². The Morgan fingerprint density at radius 1 is 1.65 bits per heavy atom. The maximum Gasteiger partial charge on any atom is 0.330 e. The van der Waals surface area contributed by atoms with Crippen molar-refractivity contribution in [2.24, 2.45) is 11.7 Å². The quantitative estimate of drug-likeness (QED) is 0.554. The summed E-state index contributed by atoms with van der Waals surface area (Å²) in [6, 6.07) is -0.108. The number of hydrogen-bond donors (Lipinski definition) is 2. The van der Waals surface area contributed by atoms with Gasteiger partial charge < -0.3 is 15.8 Å². The molecule has 0 bridgehead atoms. The van der Waals surface area contributed by atoms with Gasteiger partial charge in [0.15, 0.2) is 0 Å². The Balaban J connectivity index is 0.00000256. The maximum absolute atomic E-state index is 11.3. The molecule has 0 aliphatic carbocycles. The standard InChI is InChI=1S/C11H18N2O3.ClH/c1-2-16-10(14)6-4-3-5-8-9(12)7-13-11(8)15;/h4,6,8-9H,2-3,5,7,12H2,1H3,(H,13,15);1H/b6-4+;/t8-,9+;/m0./s1. The average molecular weight is 263 g/mol. The van der Waals surface area contributed by atoms with Crippen LogP contribution in [0.1, 0.15) is 19.8 Å². The van der Waals surface area contributed by atoms with Gasteiger partial charge in [-0.1, -0.05) is 6.08 Å². The highest BCUT2D eigenvalue weighted by Crippen LogP contribution is 2.15. The van der Waals surface area contributed by atoms with Crippen LogP contribution in [0.15, 0.2) is 12.2 Å². The number of ether oxygens (including phenoxy) is 1. The van der Waals surface area contributed by atoms with Crippen LogP contribution in [0.3, 0.4) is 0 Å². The molecule has 6 heteroatoms. The van der Waals surface area contributed by atoms with Crippen LogP contribution < -0.4 is 11.1 Å². The van der Waals surface area contributed by atoms with Crippen molar-refractivity contribution in [2.75, 3.05) is 13.2 Å². The first-order valence-electron chi connectivity index (χ1n) is 5.51. The number of rotatable bonds is 5. The van der Waals surface area contributed by atoms with Crippen molar-refractivity contribution in [2.45, 2.75) is 25.8 Å². The number of nitrogens with one attached hydrogen (secondary N) is 1. The predicted molar refractivity (Wildman–Crippen MR) is 66.7 cm³/mol. The molecule has 0 unspecified atom stereocenters. The Morgan fingerprint density at radius 3 is 2.88 bits per heavy atom. The fourth-order valence-corrected chi connectivity index (χ4v) is 1.68. The Morgan fingerprint density at radius 2 is 2.35 bits per heavy atom. The van der Waals surface area contributed by atoms with E-state index in [2.05, 4.69) is 5.32 Å². The summed E-state index contributed by atoms with van der Waals surface area (Å²) in [5.41, 5.74) is 5.76. The van der Waals surface area contributed by atoms with Gasteiger partial charge in [-0.15, -0.1) is 12.4 Å². The van der Waals surface area contributed by atoms with Crippen molar-refractivity contribution < 1.29 is 14.3 Å². The highest BCUT2D eigenvalue weighted by molar-refractivity contribution is 5.85. The second-order valence-corrected chi connectivity index (χ2v) is 3.75. The van der Waals surface area contributed by atoms with Crippen LogP contribution in [0.25, 0.3) is 0 Å². The normalized spacial score (nSPS) is 23.3. The van der Waals surface area contributed by atoms with E-state index in [9.17, 15) is 9.59 Å². The Bertz CT molecular complexity index is 294. The highest BCUT2D eigenvalue weighted by Gasteiger charge is 2.30. The average Bonchev–Trinajstić information content (AvgIpc) is 2.55. The molecular weight excluding hydrogens is 244 g/mol. The van der Waals surface area contributed by atoms with Gasteiger partial charge in [0.1, 0.15) is 0 Å². The van der Waals surface area contributed by atoms with Crippen LogP contribution in [0.5, 0.6) is 0 Å². The van der Waals surface area contributed by atoms with Crippen molar-refractivity contribution in [3.05, 3.63) is 12.2 Å². The molecule has 1 aliphatic heterocycles. The van der Waals surface area contributed by atoms with Gasteiger partial charge in [-0.2, -0.15) is 0 Å². The van der Waals surface area contributed by atoms with Gasteiger partial charge >= 0.3 is 5.97 Å². The van der Waals surface area contributed by atoms with Gasteiger partial charge in [-0.05, 0) is 19.8 Å². The fourth-order valence-electron chi connectivity index (χ4n) is 1.68. The van der Waals surface area contributed by atoms with Crippen molar-refractivity contribution in [3.8, 4) is 0 Å². The highest BCUT2D eigenvalue weighted by atomic mass is 35.5. The van der Waals surface area contributed by atoms with E-state index in [1.54, 1.807) is 13.0 Å². The lowest BCUT2D eigenvalue weighted by atomic mass is 9.98. The molecule has 3 N–H and O–H groups in total. The molecule has 2 atom stereocenters. The molecule has 0 radical (unpaired) electrons. The fraction of sp³-hybridized carbons (Fsp3) is 0.636. The molecule has 17 heavy (non-hydrogen) atoms. The molecule has 1 aliphatic rings. The van der Waals surface area contributed by atoms with Gasteiger partial charge in [0.25, 0.3) is 0 Å². The van der Waals surface area contributed by atoms with E-state index < -0.39 is 0 Å². The molecule has 0 aromatic carbocycles. The second kappa shape index (κ2) is 8.08. The zero-order valence-electron chi connectivity index (χ0n) is 9.85. The first kappa shape index (κ1) is 15.9. The summed E-state index contributed by atoms with van der Waals surface area (Å²) in [7, 11) is 0. The van der Waals surface area contributed by atoms with E-state index in [1.807, 2.05) is 0 Å². The first-order valence-corrected chi connectivity index (χ1v) is 5.51. The number of allylic oxidation sites excluding steroid dienone is 1. The maximum atomic E-state index is 11.3. The summed E-state index contributed by atoms with van der Waals surface area (Å²) in [5.74, 6) is -0.466. The van der Waals surface area contributed by atoms with Crippen molar-refractivity contribution in [1.29, 1.82) is 0 Å². The second-order valence-electron chi connectivity index (χ2n) is 3.75. The van der Waals surface area contributed by atoms with Gasteiger partial charge in [0.05, 0.1) is 12.5 Å². The summed E-state index contributed by atoms with van der Waals surface area (Å²) in [5, 5.41) is 2.71. The molecule has 98 valence electrons. The summed E-state index contributed by atoms with van der Waals surface area (Å²) >= 11 is 0.